The van der Waals surface area contributed by atoms with Crippen molar-refractivity contribution < 1.29 is 18.0 Å². The fourth-order valence-corrected chi connectivity index (χ4v) is 5.06. The predicted molar refractivity (Wildman–Crippen MR) is 120 cm³/mol. The van der Waals surface area contributed by atoms with Crippen LogP contribution in [0.15, 0.2) is 65.0 Å². The molecule has 0 saturated carbocycles. The second kappa shape index (κ2) is 8.86. The lowest BCUT2D eigenvalue weighted by Crippen LogP contribution is -2.23. The van der Waals surface area contributed by atoms with Crippen molar-refractivity contribution in [2.45, 2.75) is 24.2 Å². The Morgan fingerprint density at radius 2 is 1.84 bits per heavy atom. The molecule has 2 aromatic carbocycles. The third-order valence-electron chi connectivity index (χ3n) is 4.79. The SMILES string of the molecule is O=C(Cc1ccc(N2CCCC2=O)cc1)Nc1ccc(S(=O)(=O)Nc2nccs2)cc1. The summed E-state index contributed by atoms with van der Waals surface area (Å²) in [5, 5.41) is 4.73. The summed E-state index contributed by atoms with van der Waals surface area (Å²) in [4.78, 5) is 29.9. The van der Waals surface area contributed by atoms with Gasteiger partial charge in [0.15, 0.2) is 5.13 Å². The summed E-state index contributed by atoms with van der Waals surface area (Å²) in [5.41, 5.74) is 2.16. The minimum absolute atomic E-state index is 0.0766. The van der Waals surface area contributed by atoms with Crippen molar-refractivity contribution in [2.75, 3.05) is 21.5 Å². The quantitative estimate of drug-likeness (QED) is 0.567. The summed E-state index contributed by atoms with van der Waals surface area (Å²) in [7, 11) is -3.73. The van der Waals surface area contributed by atoms with Gasteiger partial charge in [-0.05, 0) is 48.4 Å². The number of benzene rings is 2. The van der Waals surface area contributed by atoms with E-state index in [0.29, 0.717) is 12.1 Å². The summed E-state index contributed by atoms with van der Waals surface area (Å²) in [6.45, 7) is 0.726. The molecule has 0 spiro atoms. The Morgan fingerprint density at radius 1 is 1.10 bits per heavy atom. The molecular formula is C21H20N4O4S2. The van der Waals surface area contributed by atoms with Crippen LogP contribution in [-0.2, 0) is 26.0 Å². The first kappa shape index (κ1) is 21.0. The Labute approximate surface area is 184 Å². The van der Waals surface area contributed by atoms with Gasteiger partial charge in [0.25, 0.3) is 10.0 Å². The van der Waals surface area contributed by atoms with Crippen molar-refractivity contribution in [1.82, 2.24) is 4.98 Å². The van der Waals surface area contributed by atoms with Crippen LogP contribution in [-0.4, -0.2) is 31.8 Å². The number of aromatic nitrogens is 1. The van der Waals surface area contributed by atoms with Crippen LogP contribution in [0.25, 0.3) is 0 Å². The maximum Gasteiger partial charge on any atom is 0.263 e. The van der Waals surface area contributed by atoms with Crippen LogP contribution in [0.3, 0.4) is 0 Å². The Morgan fingerprint density at radius 3 is 2.45 bits per heavy atom. The van der Waals surface area contributed by atoms with E-state index in [1.165, 1.54) is 41.8 Å². The van der Waals surface area contributed by atoms with E-state index in [2.05, 4.69) is 15.0 Å². The average Bonchev–Trinajstić information content (AvgIpc) is 3.40. The van der Waals surface area contributed by atoms with Crippen LogP contribution in [0.5, 0.6) is 0 Å². The fourth-order valence-electron chi connectivity index (χ4n) is 3.27. The topological polar surface area (TPSA) is 108 Å². The first-order valence-electron chi connectivity index (χ1n) is 9.62. The zero-order valence-corrected chi connectivity index (χ0v) is 18.1. The van der Waals surface area contributed by atoms with Gasteiger partial charge in [-0.2, -0.15) is 0 Å². The van der Waals surface area contributed by atoms with Gasteiger partial charge in [-0.25, -0.2) is 13.4 Å². The molecule has 4 rings (SSSR count). The molecule has 2 N–H and O–H groups in total. The lowest BCUT2D eigenvalue weighted by atomic mass is 10.1. The smallest absolute Gasteiger partial charge is 0.263 e. The summed E-state index contributed by atoms with van der Waals surface area (Å²) in [6, 6.07) is 13.3. The predicted octanol–water partition coefficient (Wildman–Crippen LogP) is 3.25. The first-order chi connectivity index (χ1) is 14.9. The molecule has 2 amide bonds. The molecule has 1 fully saturated rings. The maximum absolute atomic E-state index is 12.4. The molecule has 0 atom stereocenters. The molecule has 0 unspecified atom stereocenters. The highest BCUT2D eigenvalue weighted by molar-refractivity contribution is 7.93. The van der Waals surface area contributed by atoms with Gasteiger partial charge in [0.1, 0.15) is 0 Å². The average molecular weight is 457 g/mol. The molecule has 2 heterocycles. The zero-order valence-electron chi connectivity index (χ0n) is 16.4. The number of thiazole rings is 1. The van der Waals surface area contributed by atoms with E-state index in [9.17, 15) is 18.0 Å². The first-order valence-corrected chi connectivity index (χ1v) is 12.0. The molecule has 160 valence electrons. The van der Waals surface area contributed by atoms with Crippen molar-refractivity contribution in [2.24, 2.45) is 0 Å². The molecule has 0 aliphatic carbocycles. The lowest BCUT2D eigenvalue weighted by molar-refractivity contribution is -0.117. The zero-order chi connectivity index (χ0) is 21.8. The monoisotopic (exact) mass is 456 g/mol. The number of hydrogen-bond acceptors (Lipinski definition) is 6. The molecule has 1 aliphatic heterocycles. The third-order valence-corrected chi connectivity index (χ3v) is 6.96. The Kier molecular flexibility index (Phi) is 6.01. The van der Waals surface area contributed by atoms with Crippen LogP contribution in [0.4, 0.5) is 16.5 Å². The Balaban J connectivity index is 1.35. The summed E-state index contributed by atoms with van der Waals surface area (Å²) >= 11 is 1.19. The Hall–Kier alpha value is -3.24. The summed E-state index contributed by atoms with van der Waals surface area (Å²) < 4.78 is 27.1. The van der Waals surface area contributed by atoms with E-state index in [0.717, 1.165) is 24.2 Å². The minimum Gasteiger partial charge on any atom is -0.326 e. The van der Waals surface area contributed by atoms with Crippen molar-refractivity contribution in [1.29, 1.82) is 0 Å². The van der Waals surface area contributed by atoms with E-state index in [-0.39, 0.29) is 28.3 Å². The number of nitrogens with zero attached hydrogens (tertiary/aromatic N) is 2. The van der Waals surface area contributed by atoms with Gasteiger partial charge in [-0.1, -0.05) is 12.1 Å². The highest BCUT2D eigenvalue weighted by Gasteiger charge is 2.21. The summed E-state index contributed by atoms with van der Waals surface area (Å²) in [6.07, 6.45) is 3.12. The molecule has 1 aromatic heterocycles. The van der Waals surface area contributed by atoms with Gasteiger partial charge in [0.2, 0.25) is 11.8 Å². The number of carbonyl (C=O) groups excluding carboxylic acids is 2. The molecule has 31 heavy (non-hydrogen) atoms. The van der Waals surface area contributed by atoms with Gasteiger partial charge in [0.05, 0.1) is 11.3 Å². The molecule has 1 saturated heterocycles. The molecule has 10 heteroatoms. The molecule has 3 aromatic rings. The van der Waals surface area contributed by atoms with Crippen LogP contribution in [0, 0.1) is 0 Å². The number of carbonyl (C=O) groups is 2. The van der Waals surface area contributed by atoms with Crippen LogP contribution < -0.4 is 14.9 Å². The Bertz CT molecular complexity index is 1180. The van der Waals surface area contributed by atoms with Crippen molar-refractivity contribution in [3.63, 3.8) is 0 Å². The largest absolute Gasteiger partial charge is 0.326 e. The molecule has 0 bridgehead atoms. The highest BCUT2D eigenvalue weighted by atomic mass is 32.2. The van der Waals surface area contributed by atoms with Crippen molar-refractivity contribution >= 4 is 49.7 Å². The molecular weight excluding hydrogens is 436 g/mol. The molecule has 1 aliphatic rings. The van der Waals surface area contributed by atoms with E-state index >= 15 is 0 Å². The normalized spacial score (nSPS) is 13.9. The van der Waals surface area contributed by atoms with E-state index in [1.807, 2.05) is 24.3 Å². The van der Waals surface area contributed by atoms with E-state index < -0.39 is 10.0 Å². The van der Waals surface area contributed by atoms with E-state index in [4.69, 9.17) is 0 Å². The van der Waals surface area contributed by atoms with Crippen LogP contribution >= 0.6 is 11.3 Å². The minimum atomic E-state index is -3.73. The fraction of sp³-hybridized carbons (Fsp3) is 0.190. The van der Waals surface area contributed by atoms with Crippen molar-refractivity contribution in [3.8, 4) is 0 Å². The van der Waals surface area contributed by atoms with Crippen LogP contribution in [0.2, 0.25) is 0 Å². The number of rotatable bonds is 7. The second-order valence-corrected chi connectivity index (χ2v) is 9.58. The van der Waals surface area contributed by atoms with Gasteiger partial charge in [-0.15, -0.1) is 11.3 Å². The van der Waals surface area contributed by atoms with Gasteiger partial charge in [-0.3, -0.25) is 14.3 Å². The summed E-state index contributed by atoms with van der Waals surface area (Å²) in [5.74, 6) is -0.0978. The van der Waals surface area contributed by atoms with Crippen LogP contribution in [0.1, 0.15) is 18.4 Å². The van der Waals surface area contributed by atoms with Gasteiger partial charge in [0, 0.05) is 35.9 Å². The number of nitrogens with one attached hydrogen (secondary N) is 2. The van der Waals surface area contributed by atoms with Gasteiger partial charge < -0.3 is 10.2 Å². The third kappa shape index (κ3) is 5.09. The van der Waals surface area contributed by atoms with E-state index in [1.54, 1.807) is 10.3 Å². The second-order valence-electron chi connectivity index (χ2n) is 7.01. The number of anilines is 3. The molecule has 8 nitrogen and oxygen atoms in total. The standard InChI is InChI=1S/C21H20N4O4S2/c26-19(14-15-3-7-17(8-4-15)25-12-1-2-20(25)27)23-16-5-9-18(10-6-16)31(28,29)24-21-22-11-13-30-21/h3-11,13H,1-2,12,14H2,(H,22,24)(H,23,26). The number of amides is 2. The highest BCUT2D eigenvalue weighted by Crippen LogP contribution is 2.22. The van der Waals surface area contributed by atoms with Gasteiger partial charge >= 0.3 is 0 Å². The number of hydrogen-bond donors (Lipinski definition) is 2. The molecule has 0 radical (unpaired) electrons. The lowest BCUT2D eigenvalue weighted by Gasteiger charge is -2.15. The maximum atomic E-state index is 12.4. The van der Waals surface area contributed by atoms with Crippen molar-refractivity contribution in [3.05, 3.63) is 65.7 Å². The number of sulfonamides is 1.